The lowest BCUT2D eigenvalue weighted by Gasteiger charge is -2.03. The summed E-state index contributed by atoms with van der Waals surface area (Å²) in [6.07, 6.45) is 0.675. The maximum Gasteiger partial charge on any atom is 0.339 e. The van der Waals surface area contributed by atoms with Gasteiger partial charge in [-0.2, -0.15) is 12.6 Å². The Morgan fingerprint density at radius 1 is 1.56 bits per heavy atom. The number of benzene rings is 1. The van der Waals surface area contributed by atoms with Gasteiger partial charge in [-0.3, -0.25) is 0 Å². The van der Waals surface area contributed by atoms with Gasteiger partial charge in [0.1, 0.15) is 0 Å². The van der Waals surface area contributed by atoms with Gasteiger partial charge in [0, 0.05) is 23.4 Å². The van der Waals surface area contributed by atoms with Crippen molar-refractivity contribution in [3.05, 3.63) is 29.3 Å². The first-order valence-corrected chi connectivity index (χ1v) is 5.40. The summed E-state index contributed by atoms with van der Waals surface area (Å²) in [6.45, 7) is 0. The topological polar surface area (TPSA) is 52.3 Å². The van der Waals surface area contributed by atoms with Gasteiger partial charge in [0.15, 0.2) is 0 Å². The first kappa shape index (κ1) is 12.5. The van der Waals surface area contributed by atoms with Crippen molar-refractivity contribution < 1.29 is 9.53 Å². The van der Waals surface area contributed by atoms with Crippen molar-refractivity contribution in [1.29, 1.82) is 0 Å². The number of nitrogen functional groups attached to an aromatic ring is 1. The number of ether oxygens (including phenoxy) is 1. The molecule has 1 aromatic rings. The maximum absolute atomic E-state index is 11.5. The largest absolute Gasteiger partial charge is 0.465 e. The summed E-state index contributed by atoms with van der Waals surface area (Å²) in [5, 5.41) is 0. The second-order valence-corrected chi connectivity index (χ2v) is 3.52. The minimum absolute atomic E-state index is 0.397. The van der Waals surface area contributed by atoms with Crippen LogP contribution in [0.4, 0.5) is 5.69 Å². The van der Waals surface area contributed by atoms with E-state index >= 15 is 0 Å². The van der Waals surface area contributed by atoms with E-state index in [9.17, 15) is 4.79 Å². The van der Waals surface area contributed by atoms with Gasteiger partial charge in [0.05, 0.1) is 12.7 Å². The van der Waals surface area contributed by atoms with Crippen LogP contribution in [0, 0.1) is 11.8 Å². The van der Waals surface area contributed by atoms with E-state index < -0.39 is 5.97 Å². The number of anilines is 1. The molecule has 4 heteroatoms. The number of hydrogen-bond donors (Lipinski definition) is 2. The van der Waals surface area contributed by atoms with E-state index in [0.29, 0.717) is 29.0 Å². The molecule has 1 aromatic carbocycles. The molecule has 0 aromatic heterocycles. The van der Waals surface area contributed by atoms with Crippen LogP contribution in [0.3, 0.4) is 0 Å². The Morgan fingerprint density at radius 2 is 2.31 bits per heavy atom. The zero-order valence-electron chi connectivity index (χ0n) is 8.99. The van der Waals surface area contributed by atoms with Gasteiger partial charge in [-0.25, -0.2) is 4.79 Å². The minimum atomic E-state index is -0.428. The van der Waals surface area contributed by atoms with Crippen molar-refractivity contribution in [3.8, 4) is 11.8 Å². The molecule has 0 aliphatic rings. The van der Waals surface area contributed by atoms with Gasteiger partial charge in [0.25, 0.3) is 0 Å². The SMILES string of the molecule is COC(=O)c1cc(N)ccc1C#CCCS. The van der Waals surface area contributed by atoms with Crippen molar-refractivity contribution in [2.24, 2.45) is 0 Å². The number of carbonyl (C=O) groups excluding carboxylic acids is 1. The highest BCUT2D eigenvalue weighted by atomic mass is 32.1. The molecule has 0 saturated carbocycles. The van der Waals surface area contributed by atoms with Crippen molar-refractivity contribution in [1.82, 2.24) is 0 Å². The smallest absolute Gasteiger partial charge is 0.339 e. The van der Waals surface area contributed by atoms with Gasteiger partial charge in [-0.15, -0.1) is 0 Å². The molecule has 0 saturated heterocycles. The summed E-state index contributed by atoms with van der Waals surface area (Å²) in [4.78, 5) is 11.5. The van der Waals surface area contributed by atoms with Crippen LogP contribution in [-0.4, -0.2) is 18.8 Å². The van der Waals surface area contributed by atoms with Gasteiger partial charge >= 0.3 is 5.97 Å². The van der Waals surface area contributed by atoms with Gasteiger partial charge in [0.2, 0.25) is 0 Å². The molecule has 0 aliphatic heterocycles. The van der Waals surface area contributed by atoms with E-state index in [1.807, 2.05) is 0 Å². The van der Waals surface area contributed by atoms with E-state index in [-0.39, 0.29) is 0 Å². The van der Waals surface area contributed by atoms with E-state index in [2.05, 4.69) is 29.2 Å². The van der Waals surface area contributed by atoms with Crippen LogP contribution in [0.5, 0.6) is 0 Å². The van der Waals surface area contributed by atoms with Crippen molar-refractivity contribution in [2.75, 3.05) is 18.6 Å². The fraction of sp³-hybridized carbons (Fsp3) is 0.250. The predicted octanol–water partition coefficient (Wildman–Crippen LogP) is 1.73. The Hall–Kier alpha value is -1.60. The summed E-state index contributed by atoms with van der Waals surface area (Å²) in [5.74, 6) is 6.08. The number of methoxy groups -OCH3 is 1. The maximum atomic E-state index is 11.5. The average Bonchev–Trinajstić information content (AvgIpc) is 2.30. The molecular formula is C12H13NO2S. The van der Waals surface area contributed by atoms with Crippen LogP contribution in [0.1, 0.15) is 22.3 Å². The first-order valence-electron chi connectivity index (χ1n) is 4.76. The minimum Gasteiger partial charge on any atom is -0.465 e. The normalized spacial score (nSPS) is 9.12. The van der Waals surface area contributed by atoms with E-state index in [4.69, 9.17) is 5.73 Å². The molecule has 0 bridgehead atoms. The quantitative estimate of drug-likeness (QED) is 0.355. The molecule has 0 spiro atoms. The van der Waals surface area contributed by atoms with Crippen molar-refractivity contribution in [3.63, 3.8) is 0 Å². The van der Waals surface area contributed by atoms with Crippen LogP contribution < -0.4 is 5.73 Å². The molecule has 84 valence electrons. The highest BCUT2D eigenvalue weighted by Gasteiger charge is 2.10. The van der Waals surface area contributed by atoms with Gasteiger partial charge in [-0.1, -0.05) is 11.8 Å². The Bertz CT molecular complexity index is 446. The Morgan fingerprint density at radius 3 is 2.94 bits per heavy atom. The number of hydrogen-bond acceptors (Lipinski definition) is 4. The van der Waals surface area contributed by atoms with E-state index in [0.717, 1.165) is 0 Å². The molecule has 0 amide bonds. The number of carbonyl (C=O) groups is 1. The summed E-state index contributed by atoms with van der Waals surface area (Å²) >= 11 is 4.05. The van der Waals surface area contributed by atoms with E-state index in [1.54, 1.807) is 18.2 Å². The van der Waals surface area contributed by atoms with Crippen LogP contribution in [0.15, 0.2) is 18.2 Å². The highest BCUT2D eigenvalue weighted by Crippen LogP contribution is 2.13. The number of rotatable bonds is 2. The number of thiol groups is 1. The van der Waals surface area contributed by atoms with Crippen LogP contribution in [0.25, 0.3) is 0 Å². The zero-order valence-corrected chi connectivity index (χ0v) is 9.88. The Labute approximate surface area is 100 Å². The Balaban J connectivity index is 3.09. The lowest BCUT2D eigenvalue weighted by Crippen LogP contribution is -2.05. The van der Waals surface area contributed by atoms with E-state index in [1.165, 1.54) is 7.11 Å². The number of esters is 1. The standard InChI is InChI=1S/C12H13NO2S/c1-15-12(14)11-8-10(13)6-5-9(11)4-2-3-7-16/h5-6,8,16H,3,7,13H2,1H3. The zero-order chi connectivity index (χ0) is 12.0. The molecule has 0 fully saturated rings. The Kier molecular flexibility index (Phi) is 4.74. The molecule has 0 heterocycles. The first-order chi connectivity index (χ1) is 7.69. The third-order valence-corrected chi connectivity index (χ3v) is 2.13. The van der Waals surface area contributed by atoms with Crippen LogP contribution in [-0.2, 0) is 4.74 Å². The van der Waals surface area contributed by atoms with Crippen molar-refractivity contribution >= 4 is 24.3 Å². The van der Waals surface area contributed by atoms with Crippen molar-refractivity contribution in [2.45, 2.75) is 6.42 Å². The monoisotopic (exact) mass is 235 g/mol. The summed E-state index contributed by atoms with van der Waals surface area (Å²) in [7, 11) is 1.33. The van der Waals surface area contributed by atoms with Crippen LogP contribution >= 0.6 is 12.6 Å². The molecule has 16 heavy (non-hydrogen) atoms. The molecule has 2 N–H and O–H groups in total. The summed E-state index contributed by atoms with van der Waals surface area (Å²) < 4.78 is 4.66. The number of nitrogens with two attached hydrogens (primary N) is 1. The molecule has 0 unspecified atom stereocenters. The average molecular weight is 235 g/mol. The predicted molar refractivity (Wildman–Crippen MR) is 67.5 cm³/mol. The molecule has 1 rings (SSSR count). The molecule has 0 radical (unpaired) electrons. The molecule has 3 nitrogen and oxygen atoms in total. The lowest BCUT2D eigenvalue weighted by molar-refractivity contribution is 0.0600. The summed E-state index contributed by atoms with van der Waals surface area (Å²) in [6, 6.07) is 4.99. The highest BCUT2D eigenvalue weighted by molar-refractivity contribution is 7.80. The fourth-order valence-corrected chi connectivity index (χ4v) is 1.28. The fourth-order valence-electron chi connectivity index (χ4n) is 1.16. The lowest BCUT2D eigenvalue weighted by atomic mass is 10.1. The molecular weight excluding hydrogens is 222 g/mol. The van der Waals surface area contributed by atoms with Crippen LogP contribution in [0.2, 0.25) is 0 Å². The third kappa shape index (κ3) is 3.21. The van der Waals surface area contributed by atoms with Gasteiger partial charge in [-0.05, 0) is 18.2 Å². The second kappa shape index (κ2) is 6.09. The second-order valence-electron chi connectivity index (χ2n) is 3.07. The summed E-state index contributed by atoms with van der Waals surface area (Å²) in [5.41, 5.74) is 7.15. The molecule has 0 aliphatic carbocycles. The third-order valence-electron chi connectivity index (χ3n) is 1.91. The van der Waals surface area contributed by atoms with Gasteiger partial charge < -0.3 is 10.5 Å². The molecule has 0 atom stereocenters.